The van der Waals surface area contributed by atoms with E-state index in [1.54, 1.807) is 0 Å². The number of carbonyl (C=O) groups excluding carboxylic acids is 1. The molecule has 1 aliphatic rings. The Hall–Kier alpha value is -1.88. The van der Waals surface area contributed by atoms with E-state index >= 15 is 0 Å². The molecule has 1 saturated heterocycles. The number of carboxylic acids is 1. The lowest BCUT2D eigenvalue weighted by Gasteiger charge is -2.22. The molecule has 1 amide bonds. The quantitative estimate of drug-likeness (QED) is 0.772. The maximum Gasteiger partial charge on any atom is 0.305 e. The first-order valence-corrected chi connectivity index (χ1v) is 8.29. The van der Waals surface area contributed by atoms with E-state index in [4.69, 9.17) is 9.84 Å². The Morgan fingerprint density at radius 2 is 1.91 bits per heavy atom. The molecule has 126 valence electrons. The molecular weight excluding hydrogens is 294 g/mol. The average molecular weight is 319 g/mol. The van der Waals surface area contributed by atoms with E-state index in [1.807, 2.05) is 30.3 Å². The van der Waals surface area contributed by atoms with Gasteiger partial charge in [0.05, 0.1) is 12.5 Å². The number of carboxylic acid groups (broad SMARTS) is 1. The van der Waals surface area contributed by atoms with Gasteiger partial charge in [-0.05, 0) is 37.2 Å². The summed E-state index contributed by atoms with van der Waals surface area (Å²) >= 11 is 0. The van der Waals surface area contributed by atoms with E-state index in [2.05, 4.69) is 5.32 Å². The van der Waals surface area contributed by atoms with Gasteiger partial charge in [0.25, 0.3) is 0 Å². The molecule has 23 heavy (non-hydrogen) atoms. The number of nitrogens with one attached hydrogen (secondary N) is 1. The van der Waals surface area contributed by atoms with Crippen LogP contribution in [-0.2, 0) is 14.3 Å². The molecular formula is C18H25NO4. The highest BCUT2D eigenvalue weighted by Crippen LogP contribution is 2.21. The van der Waals surface area contributed by atoms with Crippen LogP contribution in [0.4, 0.5) is 0 Å². The van der Waals surface area contributed by atoms with Crippen LogP contribution < -0.4 is 5.32 Å². The SMILES string of the molecule is O=C(O)CC(NC(=O)CCCC1CCOCC1)c1ccccc1. The summed E-state index contributed by atoms with van der Waals surface area (Å²) in [7, 11) is 0. The molecule has 0 bridgehead atoms. The van der Waals surface area contributed by atoms with E-state index in [0.717, 1.165) is 44.5 Å². The second-order valence-corrected chi connectivity index (χ2v) is 6.08. The van der Waals surface area contributed by atoms with Crippen molar-refractivity contribution in [1.82, 2.24) is 5.32 Å². The average Bonchev–Trinajstić information content (AvgIpc) is 2.56. The Labute approximate surface area is 137 Å². The first-order valence-electron chi connectivity index (χ1n) is 8.29. The molecule has 1 aromatic carbocycles. The zero-order chi connectivity index (χ0) is 16.5. The van der Waals surface area contributed by atoms with Crippen molar-refractivity contribution in [3.8, 4) is 0 Å². The van der Waals surface area contributed by atoms with Crippen LogP contribution in [0.3, 0.4) is 0 Å². The fourth-order valence-corrected chi connectivity index (χ4v) is 2.97. The standard InChI is InChI=1S/C18H25NO4/c20-17(8-4-5-14-9-11-23-12-10-14)19-16(13-18(21)22)15-6-2-1-3-7-15/h1-3,6-7,14,16H,4-5,8-13H2,(H,19,20)(H,21,22). The normalized spacial score (nSPS) is 16.7. The summed E-state index contributed by atoms with van der Waals surface area (Å²) in [6, 6.07) is 8.79. The topological polar surface area (TPSA) is 75.6 Å². The van der Waals surface area contributed by atoms with Gasteiger partial charge in [-0.25, -0.2) is 0 Å². The van der Waals surface area contributed by atoms with Crippen LogP contribution in [-0.4, -0.2) is 30.2 Å². The minimum atomic E-state index is -0.915. The highest BCUT2D eigenvalue weighted by molar-refractivity contribution is 5.77. The van der Waals surface area contributed by atoms with Gasteiger partial charge in [-0.15, -0.1) is 0 Å². The molecule has 5 heteroatoms. The van der Waals surface area contributed by atoms with Crippen molar-refractivity contribution in [3.63, 3.8) is 0 Å². The lowest BCUT2D eigenvalue weighted by molar-refractivity contribution is -0.137. The van der Waals surface area contributed by atoms with Crippen LogP contribution in [0, 0.1) is 5.92 Å². The molecule has 5 nitrogen and oxygen atoms in total. The Morgan fingerprint density at radius 3 is 2.57 bits per heavy atom. The first-order chi connectivity index (χ1) is 11.1. The number of hydrogen-bond acceptors (Lipinski definition) is 3. The highest BCUT2D eigenvalue weighted by atomic mass is 16.5. The molecule has 2 N–H and O–H groups in total. The first kappa shape index (κ1) is 17.5. The van der Waals surface area contributed by atoms with Crippen LogP contribution in [0.1, 0.15) is 50.1 Å². The number of rotatable bonds is 8. The third kappa shape index (κ3) is 6.40. The van der Waals surface area contributed by atoms with Crippen molar-refractivity contribution in [1.29, 1.82) is 0 Å². The van der Waals surface area contributed by atoms with Gasteiger partial charge in [0.15, 0.2) is 0 Å². The van der Waals surface area contributed by atoms with Crippen molar-refractivity contribution in [2.75, 3.05) is 13.2 Å². The number of carbonyl (C=O) groups is 2. The maximum absolute atomic E-state index is 12.1. The molecule has 0 radical (unpaired) electrons. The van der Waals surface area contributed by atoms with Crippen molar-refractivity contribution >= 4 is 11.9 Å². The second-order valence-electron chi connectivity index (χ2n) is 6.08. The largest absolute Gasteiger partial charge is 0.481 e. The fourth-order valence-electron chi connectivity index (χ4n) is 2.97. The third-order valence-electron chi connectivity index (χ3n) is 4.27. The summed E-state index contributed by atoms with van der Waals surface area (Å²) in [5, 5.41) is 11.9. The zero-order valence-corrected chi connectivity index (χ0v) is 13.4. The lowest BCUT2D eigenvalue weighted by Crippen LogP contribution is -2.30. The Morgan fingerprint density at radius 1 is 1.22 bits per heavy atom. The van der Waals surface area contributed by atoms with Gasteiger partial charge in [0.2, 0.25) is 5.91 Å². The van der Waals surface area contributed by atoms with Crippen LogP contribution >= 0.6 is 0 Å². The van der Waals surface area contributed by atoms with Crippen LogP contribution in [0.5, 0.6) is 0 Å². The zero-order valence-electron chi connectivity index (χ0n) is 13.4. The molecule has 0 aromatic heterocycles. The molecule has 1 aromatic rings. The summed E-state index contributed by atoms with van der Waals surface area (Å²) < 4.78 is 5.33. The Kier molecular flexibility index (Phi) is 7.07. The summed E-state index contributed by atoms with van der Waals surface area (Å²) in [5.74, 6) is -0.339. The van der Waals surface area contributed by atoms with E-state index in [0.29, 0.717) is 12.3 Å². The minimum Gasteiger partial charge on any atom is -0.481 e. The Balaban J connectivity index is 1.79. The molecule has 1 atom stereocenters. The van der Waals surface area contributed by atoms with Crippen LogP contribution in [0.15, 0.2) is 30.3 Å². The van der Waals surface area contributed by atoms with Gasteiger partial charge < -0.3 is 15.2 Å². The predicted molar refractivity (Wildman–Crippen MR) is 87.0 cm³/mol. The molecule has 1 fully saturated rings. The van der Waals surface area contributed by atoms with Crippen LogP contribution in [0.25, 0.3) is 0 Å². The number of amides is 1. The van der Waals surface area contributed by atoms with Gasteiger partial charge >= 0.3 is 5.97 Å². The molecule has 1 heterocycles. The van der Waals surface area contributed by atoms with E-state index in [9.17, 15) is 9.59 Å². The number of hydrogen-bond donors (Lipinski definition) is 2. The van der Waals surface area contributed by atoms with Crippen molar-refractivity contribution in [2.24, 2.45) is 5.92 Å². The van der Waals surface area contributed by atoms with Gasteiger partial charge in [0, 0.05) is 19.6 Å². The summed E-state index contributed by atoms with van der Waals surface area (Å²) in [6.45, 7) is 1.65. The lowest BCUT2D eigenvalue weighted by atomic mass is 9.94. The molecule has 1 unspecified atom stereocenters. The van der Waals surface area contributed by atoms with Crippen LogP contribution in [0.2, 0.25) is 0 Å². The molecule has 1 aliphatic heterocycles. The number of benzene rings is 1. The number of aliphatic carboxylic acids is 1. The van der Waals surface area contributed by atoms with Gasteiger partial charge in [-0.1, -0.05) is 30.3 Å². The van der Waals surface area contributed by atoms with Gasteiger partial charge in [-0.3, -0.25) is 9.59 Å². The smallest absolute Gasteiger partial charge is 0.305 e. The molecule has 2 rings (SSSR count). The molecule has 0 saturated carbocycles. The Bertz CT molecular complexity index is 497. The molecule has 0 spiro atoms. The van der Waals surface area contributed by atoms with Gasteiger partial charge in [0.1, 0.15) is 0 Å². The maximum atomic E-state index is 12.1. The highest BCUT2D eigenvalue weighted by Gasteiger charge is 2.18. The summed E-state index contributed by atoms with van der Waals surface area (Å²) in [6.07, 6.45) is 4.37. The minimum absolute atomic E-state index is 0.0767. The summed E-state index contributed by atoms with van der Waals surface area (Å²) in [4.78, 5) is 23.1. The van der Waals surface area contributed by atoms with E-state index in [1.165, 1.54) is 0 Å². The third-order valence-corrected chi connectivity index (χ3v) is 4.27. The predicted octanol–water partition coefficient (Wildman–Crippen LogP) is 2.92. The van der Waals surface area contributed by atoms with E-state index < -0.39 is 12.0 Å². The van der Waals surface area contributed by atoms with Crippen molar-refractivity contribution in [2.45, 2.75) is 44.6 Å². The number of ether oxygens (including phenoxy) is 1. The second kappa shape index (κ2) is 9.30. The fraction of sp³-hybridized carbons (Fsp3) is 0.556. The molecule has 0 aliphatic carbocycles. The van der Waals surface area contributed by atoms with Crippen molar-refractivity contribution in [3.05, 3.63) is 35.9 Å². The van der Waals surface area contributed by atoms with Crippen molar-refractivity contribution < 1.29 is 19.4 Å². The monoisotopic (exact) mass is 319 g/mol. The van der Waals surface area contributed by atoms with Gasteiger partial charge in [-0.2, -0.15) is 0 Å². The summed E-state index contributed by atoms with van der Waals surface area (Å²) in [5.41, 5.74) is 0.827. The van der Waals surface area contributed by atoms with E-state index in [-0.39, 0.29) is 12.3 Å².